The fourth-order valence-electron chi connectivity index (χ4n) is 4.92. The lowest BCUT2D eigenvalue weighted by atomic mass is 9.83. The Bertz CT molecular complexity index is 2100. The van der Waals surface area contributed by atoms with E-state index in [0.29, 0.717) is 0 Å². The molecular weight excluding hydrogens is 682 g/mol. The Morgan fingerprint density at radius 2 is 0.787 bits per heavy atom. The van der Waals surface area contributed by atoms with Gasteiger partial charge < -0.3 is 19.7 Å². The van der Waals surface area contributed by atoms with Crippen molar-refractivity contribution in [3.8, 4) is 39.3 Å². The standard InChI is InChI=1S/C27H7BF15NO3/c1-3-6-5(44-27(3)47-28(45)46)2-4(8-12(29)18(35)24(41)19(36)13(8)30)7(10-14(31)20(37)25(42)21(38)15(10)32)9(6)11-16(33)22(39)26(43)23(40)17(11)34/h2,44-46H,1H3. The average molecular weight is 689 g/mol. The van der Waals surface area contributed by atoms with E-state index < -0.39 is 150 Å². The van der Waals surface area contributed by atoms with Crippen LogP contribution < -0.4 is 4.65 Å². The summed E-state index contributed by atoms with van der Waals surface area (Å²) in [7, 11) is -2.77. The summed E-state index contributed by atoms with van der Waals surface area (Å²) < 4.78 is 225. The summed E-state index contributed by atoms with van der Waals surface area (Å²) >= 11 is 0. The van der Waals surface area contributed by atoms with Crippen LogP contribution in [0.3, 0.4) is 0 Å². The SMILES string of the molecule is Cc1c(OB(O)O)[nH]c2cc(-c3c(F)c(F)c(F)c(F)c3F)c(-c3c(F)c(F)c(F)c(F)c3F)c(-c3c(F)c(F)c(F)c(F)c3F)c12. The Labute approximate surface area is 249 Å². The van der Waals surface area contributed by atoms with E-state index in [1.54, 1.807) is 0 Å². The van der Waals surface area contributed by atoms with Gasteiger partial charge in [-0.25, -0.2) is 65.9 Å². The molecule has 0 saturated carbocycles. The van der Waals surface area contributed by atoms with E-state index in [4.69, 9.17) is 0 Å². The molecule has 0 spiro atoms. The fourth-order valence-corrected chi connectivity index (χ4v) is 4.92. The molecule has 47 heavy (non-hydrogen) atoms. The van der Waals surface area contributed by atoms with Gasteiger partial charge in [-0.05, 0) is 18.6 Å². The lowest BCUT2D eigenvalue weighted by Crippen LogP contribution is -2.21. The molecule has 3 N–H and O–H groups in total. The minimum Gasteiger partial charge on any atom is -0.499 e. The van der Waals surface area contributed by atoms with Crippen molar-refractivity contribution in [2.45, 2.75) is 6.92 Å². The van der Waals surface area contributed by atoms with E-state index in [9.17, 15) is 49.6 Å². The Balaban J connectivity index is 2.24. The molecule has 4 aromatic carbocycles. The molecule has 0 amide bonds. The van der Waals surface area contributed by atoms with Gasteiger partial charge in [0.05, 0.1) is 16.7 Å². The van der Waals surface area contributed by atoms with Gasteiger partial charge in [0, 0.05) is 27.6 Å². The first-order valence-electron chi connectivity index (χ1n) is 12.1. The molecule has 0 fully saturated rings. The third kappa shape index (κ3) is 4.76. The number of aromatic nitrogens is 1. The summed E-state index contributed by atoms with van der Waals surface area (Å²) in [5.74, 6) is -43.7. The Morgan fingerprint density at radius 1 is 0.468 bits per heavy atom. The summed E-state index contributed by atoms with van der Waals surface area (Å²) in [6.45, 7) is 0.798. The molecule has 0 aliphatic heterocycles. The van der Waals surface area contributed by atoms with Crippen LogP contribution >= 0.6 is 0 Å². The number of H-pyrrole nitrogens is 1. The fraction of sp³-hybridized carbons (Fsp3) is 0.0370. The van der Waals surface area contributed by atoms with Crippen LogP contribution in [-0.2, 0) is 0 Å². The van der Waals surface area contributed by atoms with Gasteiger partial charge in [-0.15, -0.1) is 0 Å². The molecule has 0 aliphatic carbocycles. The minimum atomic E-state index is -2.93. The van der Waals surface area contributed by atoms with E-state index in [1.807, 2.05) is 0 Å². The molecule has 1 aromatic heterocycles. The highest BCUT2D eigenvalue weighted by Crippen LogP contribution is 2.52. The summed E-state index contributed by atoms with van der Waals surface area (Å²) in [4.78, 5) is 2.06. The zero-order chi connectivity index (χ0) is 35.1. The first-order valence-corrected chi connectivity index (χ1v) is 12.1. The monoisotopic (exact) mass is 689 g/mol. The quantitative estimate of drug-likeness (QED) is 0.0761. The van der Waals surface area contributed by atoms with Crippen molar-refractivity contribution < 1.29 is 80.6 Å². The predicted molar refractivity (Wildman–Crippen MR) is 130 cm³/mol. The molecule has 1 heterocycles. The number of hydrogen-bond donors (Lipinski definition) is 3. The Kier molecular flexibility index (Phi) is 8.16. The number of benzene rings is 4. The number of fused-ring (bicyclic) bond motifs is 1. The molecule has 0 atom stereocenters. The summed E-state index contributed by atoms with van der Waals surface area (Å²) in [6, 6.07) is 0.167. The summed E-state index contributed by atoms with van der Waals surface area (Å²) in [5, 5.41) is 17.4. The van der Waals surface area contributed by atoms with Gasteiger partial charge in [0.15, 0.2) is 75.7 Å². The van der Waals surface area contributed by atoms with E-state index in [0.717, 1.165) is 6.92 Å². The molecule has 5 aromatic rings. The zero-order valence-corrected chi connectivity index (χ0v) is 22.1. The Morgan fingerprint density at radius 3 is 1.15 bits per heavy atom. The Hall–Kier alpha value is -4.85. The van der Waals surface area contributed by atoms with E-state index >= 15 is 26.3 Å². The molecule has 0 unspecified atom stereocenters. The van der Waals surface area contributed by atoms with Gasteiger partial charge in [-0.3, -0.25) is 0 Å². The van der Waals surface area contributed by atoms with Crippen LogP contribution in [0.5, 0.6) is 5.88 Å². The summed E-state index contributed by atoms with van der Waals surface area (Å²) in [6.07, 6.45) is 0. The van der Waals surface area contributed by atoms with Crippen molar-refractivity contribution >= 4 is 18.2 Å². The molecular formula is C27H7BF15NO3. The maximum atomic E-state index is 15.4. The third-order valence-electron chi connectivity index (χ3n) is 6.91. The van der Waals surface area contributed by atoms with Crippen molar-refractivity contribution in [2.75, 3.05) is 0 Å². The van der Waals surface area contributed by atoms with Gasteiger partial charge in [-0.2, -0.15) is 0 Å². The number of aryl methyl sites for hydroxylation is 1. The molecule has 0 bridgehead atoms. The van der Waals surface area contributed by atoms with Crippen LogP contribution in [0.25, 0.3) is 44.3 Å². The molecule has 246 valence electrons. The van der Waals surface area contributed by atoms with Crippen molar-refractivity contribution in [1.82, 2.24) is 4.98 Å². The number of nitrogens with one attached hydrogen (secondary N) is 1. The first-order chi connectivity index (χ1) is 21.8. The van der Waals surface area contributed by atoms with Gasteiger partial charge in [-0.1, -0.05) is 0 Å². The van der Waals surface area contributed by atoms with E-state index in [2.05, 4.69) is 9.64 Å². The molecule has 0 radical (unpaired) electrons. The van der Waals surface area contributed by atoms with Crippen LogP contribution in [0.2, 0.25) is 0 Å². The van der Waals surface area contributed by atoms with Gasteiger partial charge in [0.25, 0.3) is 0 Å². The predicted octanol–water partition coefficient (Wildman–Crippen LogP) is 7.91. The molecule has 4 nitrogen and oxygen atoms in total. The highest BCUT2D eigenvalue weighted by molar-refractivity contribution is 6.34. The van der Waals surface area contributed by atoms with Crippen molar-refractivity contribution in [2.24, 2.45) is 0 Å². The van der Waals surface area contributed by atoms with Gasteiger partial charge in [0.2, 0.25) is 17.5 Å². The lowest BCUT2D eigenvalue weighted by molar-refractivity contribution is 0.283. The lowest BCUT2D eigenvalue weighted by Gasteiger charge is -2.21. The largest absolute Gasteiger partial charge is 0.708 e. The molecule has 0 saturated heterocycles. The maximum Gasteiger partial charge on any atom is 0.708 e. The van der Waals surface area contributed by atoms with E-state index in [-0.39, 0.29) is 6.07 Å². The van der Waals surface area contributed by atoms with Crippen LogP contribution in [0.4, 0.5) is 65.9 Å². The first kappa shape index (κ1) is 33.5. The number of hydrogen-bond acceptors (Lipinski definition) is 3. The van der Waals surface area contributed by atoms with E-state index in [1.165, 1.54) is 0 Å². The summed E-state index contributed by atoms with van der Waals surface area (Å²) in [5.41, 5.74) is -14.3. The highest BCUT2D eigenvalue weighted by Gasteiger charge is 2.38. The number of halogens is 15. The second kappa shape index (κ2) is 11.4. The van der Waals surface area contributed by atoms with Crippen LogP contribution in [0.1, 0.15) is 5.56 Å². The molecule has 0 aliphatic rings. The second-order valence-corrected chi connectivity index (χ2v) is 9.45. The maximum absolute atomic E-state index is 15.4. The minimum absolute atomic E-state index is 0.167. The topological polar surface area (TPSA) is 65.5 Å². The van der Waals surface area contributed by atoms with Gasteiger partial charge in [0.1, 0.15) is 0 Å². The van der Waals surface area contributed by atoms with Crippen LogP contribution in [-0.4, -0.2) is 22.4 Å². The average Bonchev–Trinajstić information content (AvgIpc) is 3.33. The normalized spacial score (nSPS) is 11.6. The smallest absolute Gasteiger partial charge is 0.499 e. The number of aromatic amines is 1. The van der Waals surface area contributed by atoms with Gasteiger partial charge >= 0.3 is 7.32 Å². The van der Waals surface area contributed by atoms with Crippen LogP contribution in [0, 0.1) is 94.2 Å². The van der Waals surface area contributed by atoms with Crippen molar-refractivity contribution in [3.63, 3.8) is 0 Å². The molecule has 5 rings (SSSR count). The zero-order valence-electron chi connectivity index (χ0n) is 22.1. The molecule has 20 heteroatoms. The van der Waals surface area contributed by atoms with Crippen LogP contribution in [0.15, 0.2) is 6.07 Å². The second-order valence-electron chi connectivity index (χ2n) is 9.45. The highest BCUT2D eigenvalue weighted by atomic mass is 19.2. The van der Waals surface area contributed by atoms with Crippen molar-refractivity contribution in [1.29, 1.82) is 0 Å². The third-order valence-corrected chi connectivity index (χ3v) is 6.91. The van der Waals surface area contributed by atoms with Crippen molar-refractivity contribution in [3.05, 3.63) is 98.9 Å². The number of rotatable bonds is 5.